The van der Waals surface area contributed by atoms with Gasteiger partial charge in [0, 0.05) is 38.5 Å². The molecule has 0 atom stereocenters. The van der Waals surface area contributed by atoms with E-state index in [9.17, 15) is 0 Å². The Hall–Kier alpha value is -1.06. The van der Waals surface area contributed by atoms with Gasteiger partial charge in [0.2, 0.25) is 0 Å². The number of benzene rings is 1. The van der Waals surface area contributed by atoms with Gasteiger partial charge < -0.3 is 15.0 Å². The Labute approximate surface area is 115 Å². The molecule has 1 saturated carbocycles. The Kier molecular flexibility index (Phi) is 4.04. The van der Waals surface area contributed by atoms with Gasteiger partial charge in [0.15, 0.2) is 0 Å². The van der Waals surface area contributed by atoms with E-state index in [0.717, 1.165) is 19.6 Å². The normalized spacial score (nSPS) is 27.7. The van der Waals surface area contributed by atoms with Crippen molar-refractivity contribution >= 4 is 5.69 Å². The predicted molar refractivity (Wildman–Crippen MR) is 78.5 cm³/mol. The molecule has 0 bridgehead atoms. The van der Waals surface area contributed by atoms with Crippen LogP contribution in [0.25, 0.3) is 0 Å². The van der Waals surface area contributed by atoms with Crippen molar-refractivity contribution < 1.29 is 4.74 Å². The molecule has 104 valence electrons. The van der Waals surface area contributed by atoms with Gasteiger partial charge in [0.05, 0.1) is 6.10 Å². The number of hydrogen-bond acceptors (Lipinski definition) is 3. The van der Waals surface area contributed by atoms with Crippen LogP contribution in [0.1, 0.15) is 31.2 Å². The van der Waals surface area contributed by atoms with E-state index < -0.39 is 0 Å². The van der Waals surface area contributed by atoms with Crippen molar-refractivity contribution in [3.05, 3.63) is 29.8 Å². The second kappa shape index (κ2) is 5.93. The summed E-state index contributed by atoms with van der Waals surface area (Å²) in [6.45, 7) is 3.21. The van der Waals surface area contributed by atoms with Crippen molar-refractivity contribution in [2.24, 2.45) is 0 Å². The first-order valence-electron chi connectivity index (χ1n) is 7.46. The summed E-state index contributed by atoms with van der Waals surface area (Å²) in [5.74, 6) is 0. The smallest absolute Gasteiger partial charge is 0.0572 e. The number of anilines is 1. The molecule has 19 heavy (non-hydrogen) atoms. The van der Waals surface area contributed by atoms with Crippen LogP contribution in [0, 0.1) is 0 Å². The van der Waals surface area contributed by atoms with Crippen molar-refractivity contribution in [2.75, 3.05) is 25.1 Å². The van der Waals surface area contributed by atoms with Crippen molar-refractivity contribution in [2.45, 2.75) is 44.4 Å². The Morgan fingerprint density at radius 1 is 1.16 bits per heavy atom. The molecule has 1 heterocycles. The van der Waals surface area contributed by atoms with E-state index in [4.69, 9.17) is 4.74 Å². The first-order valence-corrected chi connectivity index (χ1v) is 7.46. The molecule has 1 fully saturated rings. The maximum absolute atomic E-state index is 5.49. The number of methoxy groups -OCH3 is 1. The third kappa shape index (κ3) is 2.77. The summed E-state index contributed by atoms with van der Waals surface area (Å²) in [5.41, 5.74) is 2.88. The maximum atomic E-state index is 5.49. The van der Waals surface area contributed by atoms with Gasteiger partial charge >= 0.3 is 0 Å². The molecular weight excluding hydrogens is 236 g/mol. The maximum Gasteiger partial charge on any atom is 0.0572 e. The molecular formula is C16H24N2O. The minimum Gasteiger partial charge on any atom is -0.381 e. The molecule has 1 aliphatic carbocycles. The molecule has 0 spiro atoms. The highest BCUT2D eigenvalue weighted by molar-refractivity contribution is 5.55. The van der Waals surface area contributed by atoms with Gasteiger partial charge in [-0.1, -0.05) is 18.2 Å². The van der Waals surface area contributed by atoms with Crippen LogP contribution < -0.4 is 10.2 Å². The quantitative estimate of drug-likeness (QED) is 0.884. The number of nitrogens with zero attached hydrogens (tertiary/aromatic N) is 1. The molecule has 3 heteroatoms. The fourth-order valence-corrected chi connectivity index (χ4v) is 3.46. The first-order chi connectivity index (χ1) is 9.38. The fourth-order valence-electron chi connectivity index (χ4n) is 3.46. The van der Waals surface area contributed by atoms with E-state index in [1.165, 1.54) is 36.9 Å². The highest BCUT2D eigenvalue weighted by Crippen LogP contribution is 2.31. The Balaban J connectivity index is 1.77. The number of nitrogens with one attached hydrogen (secondary N) is 1. The van der Waals surface area contributed by atoms with Crippen LogP contribution in [0.3, 0.4) is 0 Å². The van der Waals surface area contributed by atoms with Gasteiger partial charge in [-0.25, -0.2) is 0 Å². The molecule has 1 aliphatic heterocycles. The van der Waals surface area contributed by atoms with E-state index in [2.05, 4.69) is 34.5 Å². The molecule has 3 nitrogen and oxygen atoms in total. The van der Waals surface area contributed by atoms with Crippen LogP contribution in [0.5, 0.6) is 0 Å². The van der Waals surface area contributed by atoms with Crippen molar-refractivity contribution in [1.82, 2.24) is 5.32 Å². The minimum absolute atomic E-state index is 0.483. The molecule has 1 aromatic carbocycles. The zero-order valence-electron chi connectivity index (χ0n) is 11.8. The molecule has 1 aromatic rings. The average molecular weight is 260 g/mol. The number of hydrogen-bond donors (Lipinski definition) is 1. The third-order valence-electron chi connectivity index (χ3n) is 4.56. The summed E-state index contributed by atoms with van der Waals surface area (Å²) in [6.07, 6.45) is 5.40. The van der Waals surface area contributed by atoms with Crippen LogP contribution in [-0.4, -0.2) is 32.3 Å². The van der Waals surface area contributed by atoms with Crippen LogP contribution >= 0.6 is 0 Å². The van der Waals surface area contributed by atoms with Gasteiger partial charge in [0.25, 0.3) is 0 Å². The van der Waals surface area contributed by atoms with E-state index in [1.54, 1.807) is 0 Å². The fraction of sp³-hybridized carbons (Fsp3) is 0.625. The number of fused-ring (bicyclic) bond motifs is 1. The summed E-state index contributed by atoms with van der Waals surface area (Å²) >= 11 is 0. The summed E-state index contributed by atoms with van der Waals surface area (Å²) in [7, 11) is 1.84. The second-order valence-electron chi connectivity index (χ2n) is 5.67. The zero-order valence-corrected chi connectivity index (χ0v) is 11.8. The van der Waals surface area contributed by atoms with Gasteiger partial charge in [-0.2, -0.15) is 0 Å². The molecule has 0 saturated heterocycles. The second-order valence-corrected chi connectivity index (χ2v) is 5.67. The van der Waals surface area contributed by atoms with Gasteiger partial charge in [0.1, 0.15) is 0 Å². The highest BCUT2D eigenvalue weighted by Gasteiger charge is 2.27. The lowest BCUT2D eigenvalue weighted by atomic mass is 9.91. The number of para-hydroxylation sites is 1. The van der Waals surface area contributed by atoms with Crippen LogP contribution in [-0.2, 0) is 11.3 Å². The SMILES string of the molecule is COC1CCC(N2CCNCc3ccccc32)CC1. The monoisotopic (exact) mass is 260 g/mol. The molecule has 0 radical (unpaired) electrons. The van der Waals surface area contributed by atoms with Crippen molar-refractivity contribution in [3.8, 4) is 0 Å². The lowest BCUT2D eigenvalue weighted by molar-refractivity contribution is 0.0656. The third-order valence-corrected chi connectivity index (χ3v) is 4.56. The number of rotatable bonds is 2. The van der Waals surface area contributed by atoms with E-state index in [1.807, 2.05) is 7.11 Å². The van der Waals surface area contributed by atoms with Gasteiger partial charge in [-0.05, 0) is 37.3 Å². The molecule has 0 amide bonds. The number of ether oxygens (including phenoxy) is 1. The zero-order chi connectivity index (χ0) is 13.1. The van der Waals surface area contributed by atoms with Crippen LogP contribution in [0.15, 0.2) is 24.3 Å². The predicted octanol–water partition coefficient (Wildman–Crippen LogP) is 2.55. The topological polar surface area (TPSA) is 24.5 Å². The Bertz CT molecular complexity index is 413. The lowest BCUT2D eigenvalue weighted by Crippen LogP contribution is -2.41. The Morgan fingerprint density at radius 2 is 1.95 bits per heavy atom. The minimum atomic E-state index is 0.483. The van der Waals surface area contributed by atoms with Crippen molar-refractivity contribution in [1.29, 1.82) is 0 Å². The van der Waals surface area contributed by atoms with E-state index >= 15 is 0 Å². The lowest BCUT2D eigenvalue weighted by Gasteiger charge is -2.38. The van der Waals surface area contributed by atoms with E-state index in [0.29, 0.717) is 12.1 Å². The van der Waals surface area contributed by atoms with Gasteiger partial charge in [-0.15, -0.1) is 0 Å². The Morgan fingerprint density at radius 3 is 2.74 bits per heavy atom. The van der Waals surface area contributed by atoms with E-state index in [-0.39, 0.29) is 0 Å². The largest absolute Gasteiger partial charge is 0.381 e. The summed E-state index contributed by atoms with van der Waals surface area (Å²) in [5, 5.41) is 3.53. The molecule has 0 aromatic heterocycles. The highest BCUT2D eigenvalue weighted by atomic mass is 16.5. The van der Waals surface area contributed by atoms with Crippen molar-refractivity contribution in [3.63, 3.8) is 0 Å². The summed E-state index contributed by atoms with van der Waals surface area (Å²) < 4.78 is 5.49. The van der Waals surface area contributed by atoms with Crippen LogP contribution in [0.4, 0.5) is 5.69 Å². The van der Waals surface area contributed by atoms with Crippen LogP contribution in [0.2, 0.25) is 0 Å². The summed E-state index contributed by atoms with van der Waals surface area (Å²) in [6, 6.07) is 9.53. The molecule has 3 rings (SSSR count). The van der Waals surface area contributed by atoms with Gasteiger partial charge in [-0.3, -0.25) is 0 Å². The summed E-state index contributed by atoms with van der Waals surface area (Å²) in [4.78, 5) is 2.63. The molecule has 1 N–H and O–H groups in total. The standard InChI is InChI=1S/C16H24N2O/c1-19-15-8-6-14(7-9-15)18-11-10-17-12-13-4-2-3-5-16(13)18/h2-5,14-15,17H,6-12H2,1H3. The molecule has 0 unspecified atom stereocenters. The first kappa shape index (κ1) is 12.9. The molecule has 2 aliphatic rings. The average Bonchev–Trinajstić information content (AvgIpc) is 2.70.